The summed E-state index contributed by atoms with van der Waals surface area (Å²) in [7, 11) is 0. The fourth-order valence-corrected chi connectivity index (χ4v) is 5.47. The van der Waals surface area contributed by atoms with Crippen LogP contribution >= 0.6 is 0 Å². The summed E-state index contributed by atoms with van der Waals surface area (Å²) in [5, 5.41) is 2.94. The van der Waals surface area contributed by atoms with Crippen LogP contribution in [0.1, 0.15) is 65.2 Å². The molecule has 9 nitrogen and oxygen atoms in total. The standard InChI is InChI=1S/C23H36N4O5/c1-16(2)20(29)25-11-8-23(9-12-25)21(30)27(22(31)24-23)17-6-5-10-26(15-17)19(28)14-18-7-3-4-13-32-18/h16-18H,3-15H2,1-2H3,(H,24,31)/t17-,18+/m1/s1. The number of ether oxygens (including phenoxy) is 1. The van der Waals surface area contributed by atoms with Gasteiger partial charge in [-0.05, 0) is 44.9 Å². The SMILES string of the molecule is CC(C)C(=O)N1CCC2(CC1)NC(=O)N([C@@H]1CCCN(C(=O)C[C@@H]3CCCCO3)C1)C2=O. The van der Waals surface area contributed by atoms with Gasteiger partial charge in [-0.2, -0.15) is 0 Å². The van der Waals surface area contributed by atoms with E-state index >= 15 is 0 Å². The molecule has 0 aromatic heterocycles. The predicted molar refractivity (Wildman–Crippen MR) is 117 cm³/mol. The van der Waals surface area contributed by atoms with Crippen molar-refractivity contribution in [1.82, 2.24) is 20.0 Å². The van der Waals surface area contributed by atoms with Gasteiger partial charge in [-0.1, -0.05) is 13.8 Å². The lowest BCUT2D eigenvalue weighted by Gasteiger charge is -2.39. The molecular formula is C23H36N4O5. The van der Waals surface area contributed by atoms with Crippen LogP contribution in [0.5, 0.6) is 0 Å². The molecule has 4 rings (SSSR count). The van der Waals surface area contributed by atoms with Gasteiger partial charge in [0.05, 0.1) is 18.6 Å². The van der Waals surface area contributed by atoms with Crippen molar-refractivity contribution in [1.29, 1.82) is 0 Å². The Labute approximate surface area is 189 Å². The smallest absolute Gasteiger partial charge is 0.325 e. The molecule has 0 aromatic rings. The molecular weight excluding hydrogens is 412 g/mol. The van der Waals surface area contributed by atoms with Gasteiger partial charge in [0, 0.05) is 38.7 Å². The molecule has 4 fully saturated rings. The van der Waals surface area contributed by atoms with Gasteiger partial charge >= 0.3 is 6.03 Å². The summed E-state index contributed by atoms with van der Waals surface area (Å²) >= 11 is 0. The Morgan fingerprint density at radius 2 is 1.81 bits per heavy atom. The Morgan fingerprint density at radius 3 is 2.47 bits per heavy atom. The van der Waals surface area contributed by atoms with E-state index in [0.29, 0.717) is 58.5 Å². The molecule has 2 atom stereocenters. The number of carbonyl (C=O) groups is 4. The van der Waals surface area contributed by atoms with E-state index in [4.69, 9.17) is 4.74 Å². The molecule has 0 aliphatic carbocycles. The van der Waals surface area contributed by atoms with Gasteiger partial charge in [-0.3, -0.25) is 19.3 Å². The number of rotatable bonds is 4. The fraction of sp³-hybridized carbons (Fsp3) is 0.826. The van der Waals surface area contributed by atoms with Crippen molar-refractivity contribution in [3.63, 3.8) is 0 Å². The van der Waals surface area contributed by atoms with Crippen LogP contribution < -0.4 is 5.32 Å². The van der Waals surface area contributed by atoms with Crippen LogP contribution in [0.2, 0.25) is 0 Å². The van der Waals surface area contributed by atoms with Crippen molar-refractivity contribution >= 4 is 23.8 Å². The van der Waals surface area contributed by atoms with Crippen molar-refractivity contribution in [2.45, 2.75) is 82.9 Å². The Kier molecular flexibility index (Phi) is 6.74. The largest absolute Gasteiger partial charge is 0.378 e. The summed E-state index contributed by atoms with van der Waals surface area (Å²) in [5.74, 6) is -0.158. The maximum atomic E-state index is 13.4. The van der Waals surface area contributed by atoms with Gasteiger partial charge in [0.2, 0.25) is 11.8 Å². The molecule has 4 aliphatic heterocycles. The molecule has 32 heavy (non-hydrogen) atoms. The van der Waals surface area contributed by atoms with Crippen LogP contribution in [0.3, 0.4) is 0 Å². The zero-order valence-corrected chi connectivity index (χ0v) is 19.3. The molecule has 9 heteroatoms. The van der Waals surface area contributed by atoms with Crippen LogP contribution in [0.15, 0.2) is 0 Å². The van der Waals surface area contributed by atoms with Crippen molar-refractivity contribution in [3.05, 3.63) is 0 Å². The summed E-state index contributed by atoms with van der Waals surface area (Å²) in [5.41, 5.74) is -0.924. The summed E-state index contributed by atoms with van der Waals surface area (Å²) in [6.07, 6.45) is 5.74. The number of imide groups is 1. The highest BCUT2D eigenvalue weighted by molar-refractivity contribution is 6.07. The number of nitrogens with zero attached hydrogens (tertiary/aromatic N) is 3. The first kappa shape index (κ1) is 23.0. The van der Waals surface area contributed by atoms with Crippen LogP contribution in [0, 0.1) is 5.92 Å². The minimum atomic E-state index is -0.924. The third kappa shape index (κ3) is 4.49. The minimum Gasteiger partial charge on any atom is -0.378 e. The molecule has 4 heterocycles. The topological polar surface area (TPSA) is 99.3 Å². The minimum absolute atomic E-state index is 0.0182. The highest BCUT2D eigenvalue weighted by Gasteiger charge is 2.55. The van der Waals surface area contributed by atoms with Crippen LogP contribution in [-0.2, 0) is 19.1 Å². The average Bonchev–Trinajstić information content (AvgIpc) is 3.03. The summed E-state index contributed by atoms with van der Waals surface area (Å²) in [4.78, 5) is 56.4. The molecule has 4 saturated heterocycles. The molecule has 0 radical (unpaired) electrons. The predicted octanol–water partition coefficient (Wildman–Crippen LogP) is 1.51. The maximum absolute atomic E-state index is 13.4. The zero-order valence-electron chi connectivity index (χ0n) is 19.3. The van der Waals surface area contributed by atoms with Crippen LogP contribution in [0.25, 0.3) is 0 Å². The van der Waals surface area contributed by atoms with E-state index in [1.807, 2.05) is 13.8 Å². The lowest BCUT2D eigenvalue weighted by atomic mass is 9.86. The van der Waals surface area contributed by atoms with E-state index in [9.17, 15) is 19.2 Å². The third-order valence-corrected chi connectivity index (χ3v) is 7.41. The normalized spacial score (nSPS) is 28.4. The monoisotopic (exact) mass is 448 g/mol. The van der Waals surface area contributed by atoms with Crippen molar-refractivity contribution < 1.29 is 23.9 Å². The summed E-state index contributed by atoms with van der Waals surface area (Å²) in [6, 6.07) is -0.671. The van der Waals surface area contributed by atoms with Crippen molar-refractivity contribution in [2.24, 2.45) is 5.92 Å². The number of piperidine rings is 2. The third-order valence-electron chi connectivity index (χ3n) is 7.41. The average molecular weight is 449 g/mol. The quantitative estimate of drug-likeness (QED) is 0.657. The molecule has 1 spiro atoms. The Hall–Kier alpha value is -2.16. The number of hydrogen-bond acceptors (Lipinski definition) is 5. The van der Waals surface area contributed by atoms with E-state index in [2.05, 4.69) is 5.32 Å². The van der Waals surface area contributed by atoms with E-state index in [0.717, 1.165) is 25.7 Å². The lowest BCUT2D eigenvalue weighted by molar-refractivity contribution is -0.143. The number of hydrogen-bond donors (Lipinski definition) is 1. The van der Waals surface area contributed by atoms with Gasteiger partial charge in [-0.15, -0.1) is 0 Å². The second-order valence-corrected chi connectivity index (χ2v) is 10.00. The highest BCUT2D eigenvalue weighted by Crippen LogP contribution is 2.33. The van der Waals surface area contributed by atoms with Gasteiger partial charge in [0.25, 0.3) is 5.91 Å². The van der Waals surface area contributed by atoms with Crippen LogP contribution in [-0.4, -0.2) is 88.9 Å². The van der Waals surface area contributed by atoms with E-state index in [1.165, 1.54) is 4.90 Å². The zero-order chi connectivity index (χ0) is 22.9. The first-order chi connectivity index (χ1) is 15.3. The highest BCUT2D eigenvalue weighted by atomic mass is 16.5. The molecule has 0 saturated carbocycles. The van der Waals surface area contributed by atoms with Crippen molar-refractivity contribution in [3.8, 4) is 0 Å². The Balaban J connectivity index is 1.37. The Morgan fingerprint density at radius 1 is 1.06 bits per heavy atom. The van der Waals surface area contributed by atoms with E-state index in [-0.39, 0.29) is 41.8 Å². The first-order valence-electron chi connectivity index (χ1n) is 12.1. The number of urea groups is 1. The number of carbonyl (C=O) groups excluding carboxylic acids is 4. The number of likely N-dealkylation sites (tertiary alicyclic amines) is 2. The molecule has 0 aromatic carbocycles. The van der Waals surface area contributed by atoms with Gasteiger partial charge in [0.15, 0.2) is 0 Å². The molecule has 178 valence electrons. The van der Waals surface area contributed by atoms with Gasteiger partial charge in [0.1, 0.15) is 5.54 Å². The van der Waals surface area contributed by atoms with Crippen LogP contribution in [0.4, 0.5) is 4.79 Å². The lowest BCUT2D eigenvalue weighted by Crippen LogP contribution is -2.57. The van der Waals surface area contributed by atoms with Gasteiger partial charge < -0.3 is 19.9 Å². The molecule has 4 aliphatic rings. The fourth-order valence-electron chi connectivity index (χ4n) is 5.47. The van der Waals surface area contributed by atoms with Gasteiger partial charge in [-0.25, -0.2) is 4.79 Å². The molecule has 5 amide bonds. The number of nitrogens with one attached hydrogen (secondary N) is 1. The molecule has 0 unspecified atom stereocenters. The molecule has 1 N–H and O–H groups in total. The second kappa shape index (κ2) is 9.37. The van der Waals surface area contributed by atoms with Crippen molar-refractivity contribution in [2.75, 3.05) is 32.8 Å². The number of amides is 5. The second-order valence-electron chi connectivity index (χ2n) is 10.00. The first-order valence-corrected chi connectivity index (χ1v) is 12.1. The summed E-state index contributed by atoms with van der Waals surface area (Å²) in [6.45, 7) is 6.43. The molecule has 0 bridgehead atoms. The Bertz CT molecular complexity index is 755. The maximum Gasteiger partial charge on any atom is 0.325 e. The van der Waals surface area contributed by atoms with E-state index < -0.39 is 5.54 Å². The summed E-state index contributed by atoms with van der Waals surface area (Å²) < 4.78 is 5.71. The van der Waals surface area contributed by atoms with E-state index in [1.54, 1.807) is 9.80 Å².